The molecule has 2 aromatic rings. The number of amides is 1. The predicted octanol–water partition coefficient (Wildman–Crippen LogP) is 2.84. The molecule has 1 N–H and O–H groups in total. The minimum Gasteiger partial charge on any atom is -0.497 e. The number of carbonyl (C=O) groups excluding carboxylic acids is 1. The molecule has 2 rings (SSSR count). The molecule has 0 aromatic heterocycles. The highest BCUT2D eigenvalue weighted by Crippen LogP contribution is 2.20. The molecule has 0 aliphatic carbocycles. The van der Waals surface area contributed by atoms with Gasteiger partial charge in [0.15, 0.2) is 6.61 Å². The topological polar surface area (TPSA) is 59.9 Å². The molecule has 0 fully saturated rings. The molecule has 5 nitrogen and oxygen atoms in total. The number of carbonyl (C=O) groups is 1. The van der Waals surface area contributed by atoms with Crippen molar-refractivity contribution in [2.75, 3.05) is 13.7 Å². The minimum absolute atomic E-state index is 0.0836. The standard InChI is InChI=1S/C18H20N2O3/c1-13-6-4-9-17(14(13)2)23-12-18(21)20-19-11-15-7-5-8-16(10-15)22-3/h4-11H,12H2,1-3H3,(H,20,21). The number of ether oxygens (including phenoxy) is 2. The van der Waals surface area contributed by atoms with Gasteiger partial charge in [-0.2, -0.15) is 5.10 Å². The second kappa shape index (κ2) is 7.98. The molecule has 0 heterocycles. The van der Waals surface area contributed by atoms with Crippen molar-refractivity contribution in [1.29, 1.82) is 0 Å². The molecule has 0 saturated heterocycles. The van der Waals surface area contributed by atoms with Gasteiger partial charge in [-0.25, -0.2) is 5.43 Å². The largest absolute Gasteiger partial charge is 0.497 e. The maximum Gasteiger partial charge on any atom is 0.277 e. The average molecular weight is 312 g/mol. The first-order valence-corrected chi connectivity index (χ1v) is 7.25. The Kier molecular flexibility index (Phi) is 5.74. The monoisotopic (exact) mass is 312 g/mol. The zero-order valence-electron chi connectivity index (χ0n) is 13.5. The summed E-state index contributed by atoms with van der Waals surface area (Å²) in [6, 6.07) is 13.1. The summed E-state index contributed by atoms with van der Waals surface area (Å²) in [4.78, 5) is 11.8. The van der Waals surface area contributed by atoms with E-state index in [1.54, 1.807) is 13.3 Å². The first-order chi connectivity index (χ1) is 11.1. The number of hydrazone groups is 1. The first-order valence-electron chi connectivity index (χ1n) is 7.25. The Morgan fingerprint density at radius 2 is 2.00 bits per heavy atom. The van der Waals surface area contributed by atoms with E-state index in [0.29, 0.717) is 5.75 Å². The van der Waals surface area contributed by atoms with Crippen LogP contribution in [0.15, 0.2) is 47.6 Å². The van der Waals surface area contributed by atoms with Crippen molar-refractivity contribution in [3.05, 3.63) is 59.2 Å². The van der Waals surface area contributed by atoms with Gasteiger partial charge in [-0.1, -0.05) is 24.3 Å². The Morgan fingerprint density at radius 1 is 1.22 bits per heavy atom. The van der Waals surface area contributed by atoms with Crippen molar-refractivity contribution in [3.8, 4) is 11.5 Å². The molecule has 0 saturated carbocycles. The van der Waals surface area contributed by atoms with Crippen LogP contribution >= 0.6 is 0 Å². The molecule has 0 unspecified atom stereocenters. The molecule has 120 valence electrons. The van der Waals surface area contributed by atoms with Crippen LogP contribution in [0.1, 0.15) is 16.7 Å². The van der Waals surface area contributed by atoms with Crippen LogP contribution in [0.25, 0.3) is 0 Å². The van der Waals surface area contributed by atoms with Gasteiger partial charge >= 0.3 is 0 Å². The average Bonchev–Trinajstić information content (AvgIpc) is 2.56. The van der Waals surface area contributed by atoms with Crippen LogP contribution in [0, 0.1) is 13.8 Å². The van der Waals surface area contributed by atoms with E-state index < -0.39 is 0 Å². The molecule has 0 spiro atoms. The van der Waals surface area contributed by atoms with Gasteiger partial charge in [0.05, 0.1) is 13.3 Å². The fourth-order valence-corrected chi connectivity index (χ4v) is 1.96. The lowest BCUT2D eigenvalue weighted by Gasteiger charge is -2.09. The molecule has 5 heteroatoms. The Hall–Kier alpha value is -2.82. The van der Waals surface area contributed by atoms with Crippen LogP contribution in [-0.4, -0.2) is 25.8 Å². The highest BCUT2D eigenvalue weighted by molar-refractivity contribution is 5.83. The lowest BCUT2D eigenvalue weighted by Crippen LogP contribution is -2.24. The van der Waals surface area contributed by atoms with Crippen LogP contribution in [0.4, 0.5) is 0 Å². The van der Waals surface area contributed by atoms with Gasteiger partial charge < -0.3 is 9.47 Å². The minimum atomic E-state index is -0.315. The fourth-order valence-electron chi connectivity index (χ4n) is 1.96. The summed E-state index contributed by atoms with van der Waals surface area (Å²) in [5, 5.41) is 3.91. The van der Waals surface area contributed by atoms with Crippen LogP contribution in [0.3, 0.4) is 0 Å². The van der Waals surface area contributed by atoms with Crippen molar-refractivity contribution in [3.63, 3.8) is 0 Å². The summed E-state index contributed by atoms with van der Waals surface area (Å²) in [7, 11) is 1.60. The Bertz CT molecular complexity index is 711. The van der Waals surface area contributed by atoms with E-state index in [9.17, 15) is 4.79 Å². The van der Waals surface area contributed by atoms with Crippen LogP contribution in [0.2, 0.25) is 0 Å². The highest BCUT2D eigenvalue weighted by Gasteiger charge is 2.05. The van der Waals surface area contributed by atoms with E-state index in [0.717, 1.165) is 22.4 Å². The third-order valence-electron chi connectivity index (χ3n) is 3.41. The Labute approximate surface area is 135 Å². The second-order valence-corrected chi connectivity index (χ2v) is 5.06. The number of aryl methyl sites for hydroxylation is 1. The lowest BCUT2D eigenvalue weighted by atomic mass is 10.1. The summed E-state index contributed by atoms with van der Waals surface area (Å²) >= 11 is 0. The normalized spacial score (nSPS) is 10.6. The van der Waals surface area contributed by atoms with E-state index in [1.165, 1.54) is 0 Å². The highest BCUT2D eigenvalue weighted by atomic mass is 16.5. The maximum absolute atomic E-state index is 11.8. The van der Waals surface area contributed by atoms with E-state index in [1.807, 2.05) is 56.3 Å². The molecule has 0 aliphatic heterocycles. The molecule has 0 aliphatic rings. The van der Waals surface area contributed by atoms with Crippen molar-refractivity contribution in [2.24, 2.45) is 5.10 Å². The fraction of sp³-hybridized carbons (Fsp3) is 0.222. The van der Waals surface area contributed by atoms with Crippen molar-refractivity contribution in [2.45, 2.75) is 13.8 Å². The van der Waals surface area contributed by atoms with Crippen molar-refractivity contribution < 1.29 is 14.3 Å². The molecule has 23 heavy (non-hydrogen) atoms. The summed E-state index contributed by atoms with van der Waals surface area (Å²) in [6.45, 7) is 3.88. The van der Waals surface area contributed by atoms with Gasteiger partial charge in [-0.05, 0) is 48.7 Å². The smallest absolute Gasteiger partial charge is 0.277 e. The van der Waals surface area contributed by atoms with E-state index in [2.05, 4.69) is 10.5 Å². The van der Waals surface area contributed by atoms with Crippen molar-refractivity contribution >= 4 is 12.1 Å². The van der Waals surface area contributed by atoms with Crippen LogP contribution in [-0.2, 0) is 4.79 Å². The van der Waals surface area contributed by atoms with Crippen LogP contribution in [0.5, 0.6) is 11.5 Å². The molecule has 0 radical (unpaired) electrons. The number of hydrogen-bond donors (Lipinski definition) is 1. The zero-order valence-corrected chi connectivity index (χ0v) is 13.5. The second-order valence-electron chi connectivity index (χ2n) is 5.06. The van der Waals surface area contributed by atoms with Gasteiger partial charge in [0.1, 0.15) is 11.5 Å². The molecule has 2 aromatic carbocycles. The number of benzene rings is 2. The molecule has 0 atom stereocenters. The third-order valence-corrected chi connectivity index (χ3v) is 3.41. The molecular weight excluding hydrogens is 292 g/mol. The maximum atomic E-state index is 11.8. The molecule has 1 amide bonds. The number of nitrogens with one attached hydrogen (secondary N) is 1. The number of nitrogens with zero attached hydrogens (tertiary/aromatic N) is 1. The lowest BCUT2D eigenvalue weighted by molar-refractivity contribution is -0.123. The number of methoxy groups -OCH3 is 1. The van der Waals surface area contributed by atoms with E-state index in [-0.39, 0.29) is 12.5 Å². The van der Waals surface area contributed by atoms with Crippen molar-refractivity contribution in [1.82, 2.24) is 5.43 Å². The zero-order chi connectivity index (χ0) is 16.7. The number of hydrogen-bond acceptors (Lipinski definition) is 4. The molecule has 0 bridgehead atoms. The Morgan fingerprint density at radius 3 is 2.78 bits per heavy atom. The quantitative estimate of drug-likeness (QED) is 0.659. The predicted molar refractivity (Wildman–Crippen MR) is 90.1 cm³/mol. The van der Waals surface area contributed by atoms with Gasteiger partial charge in [0.2, 0.25) is 0 Å². The summed E-state index contributed by atoms with van der Waals surface area (Å²) < 4.78 is 10.6. The van der Waals surface area contributed by atoms with Crippen LogP contribution < -0.4 is 14.9 Å². The Balaban J connectivity index is 1.85. The van der Waals surface area contributed by atoms with Gasteiger partial charge in [-0.3, -0.25) is 4.79 Å². The molecular formula is C18H20N2O3. The van der Waals surface area contributed by atoms with E-state index >= 15 is 0 Å². The summed E-state index contributed by atoms with van der Waals surface area (Å²) in [5.74, 6) is 1.13. The third kappa shape index (κ3) is 4.85. The number of rotatable bonds is 6. The summed E-state index contributed by atoms with van der Waals surface area (Å²) in [5.41, 5.74) is 5.42. The summed E-state index contributed by atoms with van der Waals surface area (Å²) in [6.07, 6.45) is 1.55. The van der Waals surface area contributed by atoms with Gasteiger partial charge in [0.25, 0.3) is 5.91 Å². The van der Waals surface area contributed by atoms with Gasteiger partial charge in [-0.15, -0.1) is 0 Å². The van der Waals surface area contributed by atoms with E-state index in [4.69, 9.17) is 9.47 Å². The first kappa shape index (κ1) is 16.5. The SMILES string of the molecule is COc1cccc(C=NNC(=O)COc2cccc(C)c2C)c1. The van der Waals surface area contributed by atoms with Gasteiger partial charge in [0, 0.05) is 0 Å².